The molecule has 1 heterocycles. The highest BCUT2D eigenvalue weighted by molar-refractivity contribution is 5.69. The molecule has 7 heteroatoms. The Balaban J connectivity index is 2.61. The van der Waals surface area contributed by atoms with Gasteiger partial charge in [0.1, 0.15) is 11.2 Å². The van der Waals surface area contributed by atoms with Gasteiger partial charge in [-0.25, -0.2) is 9.59 Å². The maximum Gasteiger partial charge on any atom is 0.410 e. The summed E-state index contributed by atoms with van der Waals surface area (Å²) in [5.74, 6) is -0.496. The first-order valence-electron chi connectivity index (χ1n) is 7.78. The minimum atomic E-state index is -0.594. The molecule has 1 rings (SSSR count). The molecule has 130 valence electrons. The average molecular weight is 325 g/mol. The van der Waals surface area contributed by atoms with Crippen LogP contribution in [0.5, 0.6) is 0 Å². The Labute approximate surface area is 137 Å². The van der Waals surface area contributed by atoms with Gasteiger partial charge < -0.3 is 19.7 Å². The van der Waals surface area contributed by atoms with Crippen LogP contribution < -0.4 is 5.32 Å². The summed E-state index contributed by atoms with van der Waals surface area (Å²) in [7, 11) is 0. The topological polar surface area (TPSA) is 91.7 Å². The molecule has 0 radical (unpaired) electrons. The summed E-state index contributed by atoms with van der Waals surface area (Å²) in [6, 6.07) is 1.81. The molecule has 0 aromatic heterocycles. The average Bonchev–Trinajstić information content (AvgIpc) is 2.34. The van der Waals surface area contributed by atoms with Crippen LogP contribution in [0.3, 0.4) is 0 Å². The molecule has 7 nitrogen and oxygen atoms in total. The van der Waals surface area contributed by atoms with Crippen LogP contribution in [0.2, 0.25) is 0 Å². The number of hydrogen-bond donors (Lipinski definition) is 1. The maximum atomic E-state index is 12.1. The molecule has 1 saturated heterocycles. The molecule has 2 amide bonds. The highest BCUT2D eigenvalue weighted by Crippen LogP contribution is 2.20. The van der Waals surface area contributed by atoms with E-state index >= 15 is 0 Å². The summed E-state index contributed by atoms with van der Waals surface area (Å²) in [4.78, 5) is 25.4. The molecule has 0 aliphatic carbocycles. The predicted octanol–water partition coefficient (Wildman–Crippen LogP) is 2.66. The van der Waals surface area contributed by atoms with Crippen molar-refractivity contribution in [3.63, 3.8) is 0 Å². The molecule has 2 unspecified atom stereocenters. The van der Waals surface area contributed by atoms with Gasteiger partial charge in [-0.3, -0.25) is 0 Å². The number of alkyl carbamates (subject to hydrolysis) is 1. The first-order chi connectivity index (χ1) is 10.4. The second-order valence-corrected chi connectivity index (χ2v) is 7.70. The Morgan fingerprint density at radius 3 is 2.17 bits per heavy atom. The van der Waals surface area contributed by atoms with Crippen LogP contribution in [0.4, 0.5) is 9.59 Å². The molecule has 1 N–H and O–H groups in total. The van der Waals surface area contributed by atoms with E-state index in [0.717, 1.165) is 0 Å². The molecule has 0 bridgehead atoms. The van der Waals surface area contributed by atoms with E-state index in [2.05, 4.69) is 11.4 Å². The van der Waals surface area contributed by atoms with Crippen molar-refractivity contribution in [1.29, 1.82) is 5.26 Å². The number of nitrogens with one attached hydrogen (secondary N) is 1. The Morgan fingerprint density at radius 1 is 1.13 bits per heavy atom. The van der Waals surface area contributed by atoms with Crippen LogP contribution in [-0.4, -0.2) is 47.4 Å². The lowest BCUT2D eigenvalue weighted by atomic mass is 9.94. The second kappa shape index (κ2) is 7.07. The number of carbonyl (C=O) groups excluding carboxylic acids is 2. The van der Waals surface area contributed by atoms with E-state index in [1.54, 1.807) is 41.5 Å². The fourth-order valence-electron chi connectivity index (χ4n) is 2.21. The van der Waals surface area contributed by atoms with E-state index in [0.29, 0.717) is 13.0 Å². The zero-order valence-corrected chi connectivity index (χ0v) is 14.8. The number of hydrogen-bond acceptors (Lipinski definition) is 5. The number of piperidine rings is 1. The molecule has 1 fully saturated rings. The van der Waals surface area contributed by atoms with Crippen LogP contribution in [0.25, 0.3) is 0 Å². The van der Waals surface area contributed by atoms with E-state index in [1.807, 2.05) is 0 Å². The summed E-state index contributed by atoms with van der Waals surface area (Å²) in [5, 5.41) is 12.0. The van der Waals surface area contributed by atoms with E-state index < -0.39 is 29.3 Å². The Kier molecular flexibility index (Phi) is 5.86. The highest BCUT2D eigenvalue weighted by Gasteiger charge is 2.35. The minimum Gasteiger partial charge on any atom is -0.444 e. The largest absolute Gasteiger partial charge is 0.444 e. The first kappa shape index (κ1) is 19.1. The SMILES string of the molecule is CC(C)(C)OC(=O)NC1CCN(C(=O)OC(C)(C)C)CC1C#N. The van der Waals surface area contributed by atoms with Gasteiger partial charge in [-0.15, -0.1) is 0 Å². The molecular formula is C16H27N3O4. The van der Waals surface area contributed by atoms with Gasteiger partial charge in [0.15, 0.2) is 0 Å². The molecule has 0 aromatic rings. The van der Waals surface area contributed by atoms with Gasteiger partial charge in [0.2, 0.25) is 0 Å². The maximum absolute atomic E-state index is 12.1. The molecule has 1 aliphatic heterocycles. The number of nitrogens with zero attached hydrogens (tertiary/aromatic N) is 2. The summed E-state index contributed by atoms with van der Waals surface area (Å²) in [6.45, 7) is 11.4. The lowest BCUT2D eigenvalue weighted by molar-refractivity contribution is 0.0151. The van der Waals surface area contributed by atoms with Gasteiger partial charge in [-0.1, -0.05) is 0 Å². The van der Waals surface area contributed by atoms with E-state index in [1.165, 1.54) is 4.90 Å². The van der Waals surface area contributed by atoms with Gasteiger partial charge >= 0.3 is 12.2 Å². The Bertz CT molecular complexity index is 485. The zero-order valence-electron chi connectivity index (χ0n) is 14.8. The number of amides is 2. The Hall–Kier alpha value is -1.97. The quantitative estimate of drug-likeness (QED) is 0.800. The van der Waals surface area contributed by atoms with E-state index in [9.17, 15) is 14.9 Å². The molecule has 1 aliphatic rings. The standard InChI is InChI=1S/C16H27N3O4/c1-15(2,3)22-13(20)18-12-7-8-19(10-11(12)9-17)14(21)23-16(4,5)6/h11-12H,7-8,10H2,1-6H3,(H,18,20). The highest BCUT2D eigenvalue weighted by atomic mass is 16.6. The zero-order chi connectivity index (χ0) is 17.8. The minimum absolute atomic E-state index is 0.228. The van der Waals surface area contributed by atoms with Crippen LogP contribution in [0.1, 0.15) is 48.0 Å². The Morgan fingerprint density at radius 2 is 1.70 bits per heavy atom. The van der Waals surface area contributed by atoms with Gasteiger partial charge in [0, 0.05) is 13.1 Å². The number of nitriles is 1. The van der Waals surface area contributed by atoms with Crippen LogP contribution >= 0.6 is 0 Å². The molecule has 0 saturated carbocycles. The van der Waals surface area contributed by atoms with Crippen LogP contribution in [0, 0.1) is 17.2 Å². The van der Waals surface area contributed by atoms with E-state index in [4.69, 9.17) is 9.47 Å². The van der Waals surface area contributed by atoms with Crippen molar-refractivity contribution in [3.05, 3.63) is 0 Å². The van der Waals surface area contributed by atoms with Crippen molar-refractivity contribution in [3.8, 4) is 6.07 Å². The fraction of sp³-hybridized carbons (Fsp3) is 0.812. The molecule has 0 aromatic carbocycles. The summed E-state index contributed by atoms with van der Waals surface area (Å²) >= 11 is 0. The fourth-order valence-corrected chi connectivity index (χ4v) is 2.21. The van der Waals surface area contributed by atoms with Gasteiger partial charge in [0.25, 0.3) is 0 Å². The third-order valence-electron chi connectivity index (χ3n) is 3.13. The number of rotatable bonds is 1. The lowest BCUT2D eigenvalue weighted by Crippen LogP contribution is -2.53. The third kappa shape index (κ3) is 6.76. The number of likely N-dealkylation sites (tertiary alicyclic amines) is 1. The normalized spacial score (nSPS) is 22.0. The monoisotopic (exact) mass is 325 g/mol. The molecule has 23 heavy (non-hydrogen) atoms. The number of carbonyl (C=O) groups is 2. The second-order valence-electron chi connectivity index (χ2n) is 7.70. The third-order valence-corrected chi connectivity index (χ3v) is 3.13. The summed E-state index contributed by atoms with van der Waals surface area (Å²) in [6.07, 6.45) is -0.501. The van der Waals surface area contributed by atoms with E-state index in [-0.39, 0.29) is 12.6 Å². The van der Waals surface area contributed by atoms with Crippen molar-refractivity contribution in [2.24, 2.45) is 5.92 Å². The molecular weight excluding hydrogens is 298 g/mol. The smallest absolute Gasteiger partial charge is 0.410 e. The predicted molar refractivity (Wildman–Crippen MR) is 84.7 cm³/mol. The van der Waals surface area contributed by atoms with Gasteiger partial charge in [-0.05, 0) is 48.0 Å². The van der Waals surface area contributed by atoms with Gasteiger partial charge in [0.05, 0.1) is 18.0 Å². The van der Waals surface area contributed by atoms with Crippen molar-refractivity contribution in [1.82, 2.24) is 10.2 Å². The van der Waals surface area contributed by atoms with Crippen molar-refractivity contribution in [2.75, 3.05) is 13.1 Å². The summed E-state index contributed by atoms with van der Waals surface area (Å²) in [5.41, 5.74) is -1.17. The molecule has 2 atom stereocenters. The first-order valence-corrected chi connectivity index (χ1v) is 7.78. The summed E-state index contributed by atoms with van der Waals surface area (Å²) < 4.78 is 10.5. The molecule has 0 spiro atoms. The lowest BCUT2D eigenvalue weighted by Gasteiger charge is -2.36. The van der Waals surface area contributed by atoms with Crippen molar-refractivity contribution < 1.29 is 19.1 Å². The van der Waals surface area contributed by atoms with Crippen molar-refractivity contribution in [2.45, 2.75) is 65.2 Å². The van der Waals surface area contributed by atoms with Crippen LogP contribution in [-0.2, 0) is 9.47 Å². The van der Waals surface area contributed by atoms with Gasteiger partial charge in [-0.2, -0.15) is 5.26 Å². The van der Waals surface area contributed by atoms with Crippen LogP contribution in [0.15, 0.2) is 0 Å². The number of ether oxygens (including phenoxy) is 2. The van der Waals surface area contributed by atoms with Crippen molar-refractivity contribution >= 4 is 12.2 Å².